The number of aliphatic hydroxyl groups excluding tert-OH is 1. The first-order valence-electron chi connectivity index (χ1n) is 9.98. The number of benzene rings is 1. The van der Waals surface area contributed by atoms with Crippen molar-refractivity contribution in [3.8, 4) is 0 Å². The fourth-order valence-corrected chi connectivity index (χ4v) is 5.53. The molecular formula is C20H27N3O4S. The van der Waals surface area contributed by atoms with Crippen molar-refractivity contribution in [1.82, 2.24) is 15.0 Å². The Morgan fingerprint density at radius 3 is 2.61 bits per heavy atom. The second kappa shape index (κ2) is 7.93. The fourth-order valence-electron chi connectivity index (χ4n) is 4.36. The summed E-state index contributed by atoms with van der Waals surface area (Å²) in [5.74, 6) is 0.287. The lowest BCUT2D eigenvalue weighted by Crippen LogP contribution is -2.37. The van der Waals surface area contributed by atoms with Gasteiger partial charge in [0, 0.05) is 12.6 Å². The average molecular weight is 406 g/mol. The molecule has 1 N–H and O–H groups in total. The van der Waals surface area contributed by atoms with Crippen LogP contribution in [-0.4, -0.2) is 47.3 Å². The smallest absolute Gasteiger partial charge is 0.244 e. The average Bonchev–Trinajstić information content (AvgIpc) is 3.29. The molecule has 0 spiro atoms. The summed E-state index contributed by atoms with van der Waals surface area (Å²) in [6.45, 7) is 2.52. The maximum atomic E-state index is 12.6. The summed E-state index contributed by atoms with van der Waals surface area (Å²) in [4.78, 5) is 6.92. The molecule has 2 fully saturated rings. The van der Waals surface area contributed by atoms with E-state index in [0.717, 1.165) is 18.4 Å². The molecule has 7 nitrogen and oxygen atoms in total. The van der Waals surface area contributed by atoms with Crippen molar-refractivity contribution in [2.24, 2.45) is 0 Å². The first-order chi connectivity index (χ1) is 13.4. The third-order valence-electron chi connectivity index (χ3n) is 5.83. The molecule has 0 amide bonds. The fraction of sp³-hybridized carbons (Fsp3) is 0.600. The van der Waals surface area contributed by atoms with Crippen molar-refractivity contribution in [2.75, 3.05) is 6.54 Å². The van der Waals surface area contributed by atoms with Crippen molar-refractivity contribution < 1.29 is 18.0 Å². The van der Waals surface area contributed by atoms with Crippen molar-refractivity contribution in [3.63, 3.8) is 0 Å². The molecule has 0 bridgehead atoms. The summed E-state index contributed by atoms with van der Waals surface area (Å²) >= 11 is 0. The van der Waals surface area contributed by atoms with Gasteiger partial charge >= 0.3 is 0 Å². The molecule has 2 atom stereocenters. The molecule has 2 aliphatic rings. The highest BCUT2D eigenvalue weighted by atomic mass is 32.2. The number of aromatic nitrogens is 2. The van der Waals surface area contributed by atoms with Gasteiger partial charge in [0.05, 0.1) is 17.0 Å². The van der Waals surface area contributed by atoms with Crippen LogP contribution in [0, 0.1) is 6.92 Å². The summed E-state index contributed by atoms with van der Waals surface area (Å²) in [5, 5.41) is 14.1. The Kier molecular flexibility index (Phi) is 5.53. The Hall–Kier alpha value is -1.77. The van der Waals surface area contributed by atoms with Crippen LogP contribution in [0.5, 0.6) is 0 Å². The summed E-state index contributed by atoms with van der Waals surface area (Å²) < 4.78 is 30.7. The van der Waals surface area contributed by atoms with Gasteiger partial charge in [0.2, 0.25) is 5.89 Å². The molecule has 28 heavy (non-hydrogen) atoms. The Morgan fingerprint density at radius 1 is 1.18 bits per heavy atom. The molecule has 2 heterocycles. The van der Waals surface area contributed by atoms with Crippen molar-refractivity contribution in [3.05, 3.63) is 41.5 Å². The highest BCUT2D eigenvalue weighted by Gasteiger charge is 2.40. The Bertz CT molecular complexity index is 904. The van der Waals surface area contributed by atoms with E-state index in [1.165, 1.54) is 19.3 Å². The molecule has 1 aliphatic carbocycles. The van der Waals surface area contributed by atoms with Gasteiger partial charge in [-0.25, -0.2) is 8.42 Å². The topological polar surface area (TPSA) is 96.5 Å². The zero-order chi connectivity index (χ0) is 19.7. The van der Waals surface area contributed by atoms with Crippen LogP contribution in [0.1, 0.15) is 61.8 Å². The van der Waals surface area contributed by atoms with Crippen LogP contribution >= 0.6 is 0 Å². The molecule has 1 aliphatic heterocycles. The number of aliphatic hydroxyl groups is 1. The summed E-state index contributed by atoms with van der Waals surface area (Å²) in [6.07, 6.45) is 6.03. The molecule has 1 saturated carbocycles. The second-order valence-electron chi connectivity index (χ2n) is 8.01. The summed E-state index contributed by atoms with van der Waals surface area (Å²) in [5.41, 5.74) is 1.00. The predicted octanol–water partition coefficient (Wildman–Crippen LogP) is 2.79. The van der Waals surface area contributed by atoms with Gasteiger partial charge in [-0.1, -0.05) is 42.1 Å². The van der Waals surface area contributed by atoms with E-state index in [1.807, 2.05) is 6.92 Å². The second-order valence-corrected chi connectivity index (χ2v) is 10.0. The minimum Gasteiger partial charge on any atom is -0.392 e. The highest BCUT2D eigenvalue weighted by molar-refractivity contribution is 7.90. The zero-order valence-corrected chi connectivity index (χ0v) is 16.9. The van der Waals surface area contributed by atoms with Crippen LogP contribution in [0.2, 0.25) is 0 Å². The minimum atomic E-state index is -3.53. The standard InChI is InChI=1S/C20H27N3O4S/c1-14-7-9-17(10-8-14)28(25,26)13-19-21-20(27-22-19)18-11-16(24)12-23(18)15-5-3-2-4-6-15/h7-10,15-16,18,24H,2-6,11-13H2,1H3/t16-,18+/m1/s1. The summed E-state index contributed by atoms with van der Waals surface area (Å²) in [6, 6.07) is 7.03. The molecular weight excluding hydrogens is 378 g/mol. The SMILES string of the molecule is Cc1ccc(S(=O)(=O)Cc2noc([C@@H]3C[C@@H](O)CN3C3CCCCC3)n2)cc1. The molecule has 1 aromatic heterocycles. The van der Waals surface area contributed by atoms with Crippen LogP contribution in [0.3, 0.4) is 0 Å². The largest absolute Gasteiger partial charge is 0.392 e. The van der Waals surface area contributed by atoms with E-state index in [9.17, 15) is 13.5 Å². The van der Waals surface area contributed by atoms with Gasteiger partial charge < -0.3 is 9.63 Å². The van der Waals surface area contributed by atoms with Crippen LogP contribution in [0.25, 0.3) is 0 Å². The van der Waals surface area contributed by atoms with Crippen LogP contribution in [0.15, 0.2) is 33.7 Å². The number of likely N-dealkylation sites (tertiary alicyclic amines) is 1. The monoisotopic (exact) mass is 405 g/mol. The zero-order valence-electron chi connectivity index (χ0n) is 16.1. The lowest BCUT2D eigenvalue weighted by molar-refractivity contribution is 0.110. The van der Waals surface area contributed by atoms with E-state index < -0.39 is 15.9 Å². The molecule has 4 rings (SSSR count). The number of hydrogen-bond acceptors (Lipinski definition) is 7. The minimum absolute atomic E-state index is 0.138. The van der Waals surface area contributed by atoms with Crippen molar-refractivity contribution >= 4 is 9.84 Å². The number of β-amino-alcohol motifs (C(OH)–C–C–N with tert-alkyl or cyclic N) is 1. The number of aryl methyl sites for hydroxylation is 1. The number of nitrogens with zero attached hydrogens (tertiary/aromatic N) is 3. The van der Waals surface area contributed by atoms with E-state index in [4.69, 9.17) is 4.52 Å². The van der Waals surface area contributed by atoms with Crippen LogP contribution in [0.4, 0.5) is 0 Å². The molecule has 8 heteroatoms. The Labute approximate surface area is 165 Å². The van der Waals surface area contributed by atoms with Gasteiger partial charge in [-0.05, 0) is 38.3 Å². The molecule has 0 unspecified atom stereocenters. The summed E-state index contributed by atoms with van der Waals surface area (Å²) in [7, 11) is -3.53. The molecule has 152 valence electrons. The molecule has 2 aromatic rings. The molecule has 0 radical (unpaired) electrons. The van der Waals surface area contributed by atoms with Crippen molar-refractivity contribution in [1.29, 1.82) is 0 Å². The maximum Gasteiger partial charge on any atom is 0.244 e. The van der Waals surface area contributed by atoms with Gasteiger partial charge in [-0.15, -0.1) is 0 Å². The van der Waals surface area contributed by atoms with Crippen molar-refractivity contribution in [2.45, 2.75) is 74.3 Å². The van der Waals surface area contributed by atoms with Crippen LogP contribution < -0.4 is 0 Å². The van der Waals surface area contributed by atoms with E-state index in [0.29, 0.717) is 24.9 Å². The Balaban J connectivity index is 1.51. The highest BCUT2D eigenvalue weighted by Crippen LogP contribution is 2.37. The maximum absolute atomic E-state index is 12.6. The Morgan fingerprint density at radius 2 is 1.89 bits per heavy atom. The van der Waals surface area contributed by atoms with Gasteiger partial charge in [-0.3, -0.25) is 4.90 Å². The normalized spacial score (nSPS) is 24.6. The van der Waals surface area contributed by atoms with E-state index in [2.05, 4.69) is 15.0 Å². The lowest BCUT2D eigenvalue weighted by Gasteiger charge is -2.33. The van der Waals surface area contributed by atoms with E-state index in [1.54, 1.807) is 24.3 Å². The third kappa shape index (κ3) is 4.14. The molecule has 1 aromatic carbocycles. The predicted molar refractivity (Wildman–Crippen MR) is 103 cm³/mol. The number of hydrogen-bond donors (Lipinski definition) is 1. The van der Waals surface area contributed by atoms with Gasteiger partial charge in [0.25, 0.3) is 0 Å². The van der Waals surface area contributed by atoms with Gasteiger partial charge in [0.1, 0.15) is 5.75 Å². The van der Waals surface area contributed by atoms with Crippen LogP contribution in [-0.2, 0) is 15.6 Å². The third-order valence-corrected chi connectivity index (χ3v) is 7.46. The van der Waals surface area contributed by atoms with Gasteiger partial charge in [-0.2, -0.15) is 4.98 Å². The van der Waals surface area contributed by atoms with Gasteiger partial charge in [0.15, 0.2) is 15.7 Å². The quantitative estimate of drug-likeness (QED) is 0.817. The van der Waals surface area contributed by atoms with E-state index in [-0.39, 0.29) is 22.5 Å². The first kappa shape index (κ1) is 19.5. The van der Waals surface area contributed by atoms with E-state index >= 15 is 0 Å². The molecule has 1 saturated heterocycles. The lowest BCUT2D eigenvalue weighted by atomic mass is 9.94. The first-order valence-corrected chi connectivity index (χ1v) is 11.6. The number of sulfone groups is 1. The number of rotatable bonds is 5.